The van der Waals surface area contributed by atoms with Gasteiger partial charge < -0.3 is 19.7 Å². The second-order valence-corrected chi connectivity index (χ2v) is 10.5. The molecule has 4 nitrogen and oxygen atoms in total. The van der Waals surface area contributed by atoms with Crippen molar-refractivity contribution in [3.63, 3.8) is 0 Å². The smallest absolute Gasteiger partial charge is 0.168 e. The van der Waals surface area contributed by atoms with Gasteiger partial charge in [0, 0.05) is 12.3 Å². The van der Waals surface area contributed by atoms with Crippen LogP contribution >= 0.6 is 0 Å². The largest absolute Gasteiger partial charge is 0.393 e. The van der Waals surface area contributed by atoms with Gasteiger partial charge in [0.15, 0.2) is 5.79 Å². The van der Waals surface area contributed by atoms with Gasteiger partial charge in [-0.25, -0.2) is 0 Å². The Hall–Kier alpha value is -0.160. The number of fused-ring (bicyclic) bond motifs is 3. The molecule has 5 unspecified atom stereocenters. The van der Waals surface area contributed by atoms with E-state index >= 15 is 0 Å². The number of aliphatic hydroxyl groups excluding tert-OH is 1. The normalized spacial score (nSPS) is 43.2. The minimum Gasteiger partial charge on any atom is -0.393 e. The van der Waals surface area contributed by atoms with E-state index in [-0.39, 0.29) is 35.2 Å². The number of ether oxygens (including phenoxy) is 2. The van der Waals surface area contributed by atoms with E-state index in [2.05, 4.69) is 34.6 Å². The number of aliphatic hydroxyl groups is 2. The molecule has 0 radical (unpaired) electrons. The van der Waals surface area contributed by atoms with Crippen molar-refractivity contribution in [2.75, 3.05) is 0 Å². The third kappa shape index (κ3) is 4.39. The van der Waals surface area contributed by atoms with Gasteiger partial charge in [0.05, 0.1) is 23.9 Å². The summed E-state index contributed by atoms with van der Waals surface area (Å²) in [6.45, 7) is 10.7. The Balaban J connectivity index is 1.53. The zero-order valence-electron chi connectivity index (χ0n) is 18.2. The van der Waals surface area contributed by atoms with Crippen molar-refractivity contribution in [2.45, 2.75) is 129 Å². The molecule has 7 atom stereocenters. The summed E-state index contributed by atoms with van der Waals surface area (Å²) >= 11 is 0. The Morgan fingerprint density at radius 3 is 2.48 bits per heavy atom. The molecule has 3 aliphatic rings. The standard InChI is InChI=1S/C23H42O4/c1-6-22-14-15-23(25)19(18(22)12-13-20(22)24)11-10-17(27-23)9-7-8-16(2)26-21(3,4)5/h16-20,24-25H,6-15H2,1-5H3/t16?,17?,18-,19?,20?,22+,23?/m0/s1. The van der Waals surface area contributed by atoms with E-state index in [1.165, 1.54) is 0 Å². The van der Waals surface area contributed by atoms with E-state index in [1.807, 2.05) is 0 Å². The van der Waals surface area contributed by atoms with Crippen LogP contribution in [0.5, 0.6) is 0 Å². The molecule has 0 aromatic heterocycles. The lowest BCUT2D eigenvalue weighted by atomic mass is 9.57. The van der Waals surface area contributed by atoms with Gasteiger partial charge in [-0.1, -0.05) is 6.92 Å². The van der Waals surface area contributed by atoms with Gasteiger partial charge in [0.2, 0.25) is 0 Å². The first-order chi connectivity index (χ1) is 12.6. The molecular weight excluding hydrogens is 340 g/mol. The monoisotopic (exact) mass is 382 g/mol. The molecule has 0 spiro atoms. The van der Waals surface area contributed by atoms with Crippen LogP contribution in [0.1, 0.15) is 98.8 Å². The van der Waals surface area contributed by atoms with E-state index in [0.29, 0.717) is 12.3 Å². The maximum atomic E-state index is 11.3. The van der Waals surface area contributed by atoms with Crippen LogP contribution in [0.25, 0.3) is 0 Å². The Kier molecular flexibility index (Phi) is 6.33. The van der Waals surface area contributed by atoms with Crippen LogP contribution in [0.2, 0.25) is 0 Å². The molecule has 0 aromatic carbocycles. The number of rotatable bonds is 6. The van der Waals surface area contributed by atoms with Gasteiger partial charge in [0.1, 0.15) is 0 Å². The van der Waals surface area contributed by atoms with Crippen molar-refractivity contribution in [3.8, 4) is 0 Å². The van der Waals surface area contributed by atoms with Crippen LogP contribution < -0.4 is 0 Å². The van der Waals surface area contributed by atoms with Crippen LogP contribution in [0, 0.1) is 17.3 Å². The van der Waals surface area contributed by atoms with Crippen molar-refractivity contribution in [2.24, 2.45) is 17.3 Å². The first-order valence-corrected chi connectivity index (χ1v) is 11.4. The zero-order chi connectivity index (χ0) is 19.9. The molecule has 1 aliphatic heterocycles. The molecule has 3 rings (SSSR count). The van der Waals surface area contributed by atoms with Crippen LogP contribution in [-0.4, -0.2) is 39.9 Å². The summed E-state index contributed by atoms with van der Waals surface area (Å²) in [5.74, 6) is -0.357. The highest BCUT2D eigenvalue weighted by Gasteiger charge is 2.61. The molecule has 1 heterocycles. The van der Waals surface area contributed by atoms with E-state index in [4.69, 9.17) is 9.47 Å². The minimum absolute atomic E-state index is 0.0207. The predicted molar refractivity (Wildman–Crippen MR) is 107 cm³/mol. The summed E-state index contributed by atoms with van der Waals surface area (Å²) in [6.07, 6.45) is 9.91. The Morgan fingerprint density at radius 1 is 1.11 bits per heavy atom. The third-order valence-electron chi connectivity index (χ3n) is 7.69. The fraction of sp³-hybridized carbons (Fsp3) is 1.00. The fourth-order valence-electron chi connectivity index (χ4n) is 6.48. The van der Waals surface area contributed by atoms with Gasteiger partial charge in [-0.05, 0) is 96.8 Å². The molecule has 2 N–H and O–H groups in total. The molecule has 0 amide bonds. The van der Waals surface area contributed by atoms with Crippen molar-refractivity contribution in [3.05, 3.63) is 0 Å². The van der Waals surface area contributed by atoms with Gasteiger partial charge >= 0.3 is 0 Å². The van der Waals surface area contributed by atoms with Gasteiger partial charge in [0.25, 0.3) is 0 Å². The molecule has 1 saturated heterocycles. The average molecular weight is 383 g/mol. The topological polar surface area (TPSA) is 58.9 Å². The molecule has 0 aromatic rings. The van der Waals surface area contributed by atoms with Crippen molar-refractivity contribution in [1.29, 1.82) is 0 Å². The van der Waals surface area contributed by atoms with Gasteiger partial charge in [-0.2, -0.15) is 0 Å². The summed E-state index contributed by atoms with van der Waals surface area (Å²) in [6, 6.07) is 0. The molecular formula is C23H42O4. The molecule has 27 heavy (non-hydrogen) atoms. The average Bonchev–Trinajstić information content (AvgIpc) is 2.90. The van der Waals surface area contributed by atoms with Crippen molar-refractivity contribution in [1.82, 2.24) is 0 Å². The van der Waals surface area contributed by atoms with Crippen LogP contribution in [-0.2, 0) is 9.47 Å². The Labute approximate surface area is 166 Å². The minimum atomic E-state index is -0.968. The van der Waals surface area contributed by atoms with Gasteiger partial charge in [-0.3, -0.25) is 0 Å². The highest BCUT2D eigenvalue weighted by molar-refractivity contribution is 5.07. The maximum absolute atomic E-state index is 11.3. The van der Waals surface area contributed by atoms with Crippen LogP contribution in [0.15, 0.2) is 0 Å². The molecule has 3 fully saturated rings. The van der Waals surface area contributed by atoms with Crippen molar-refractivity contribution < 1.29 is 19.7 Å². The van der Waals surface area contributed by atoms with E-state index in [9.17, 15) is 10.2 Å². The second-order valence-electron chi connectivity index (χ2n) is 10.5. The summed E-state index contributed by atoms with van der Waals surface area (Å²) in [5.41, 5.74) is -0.0737. The number of hydrogen-bond donors (Lipinski definition) is 2. The van der Waals surface area contributed by atoms with E-state index < -0.39 is 5.79 Å². The SMILES string of the molecule is CC[C@@]12CCC3(O)OC(CCCC(C)OC(C)(C)C)CCC3[C@@H]1CCC2O. The first kappa shape index (κ1) is 21.5. The third-order valence-corrected chi connectivity index (χ3v) is 7.69. The second kappa shape index (κ2) is 7.93. The quantitative estimate of drug-likeness (QED) is 0.692. The molecule has 158 valence electrons. The lowest BCUT2D eigenvalue weighted by Crippen LogP contribution is -2.58. The summed E-state index contributed by atoms with van der Waals surface area (Å²) < 4.78 is 12.3. The highest BCUT2D eigenvalue weighted by Crippen LogP contribution is 2.61. The lowest BCUT2D eigenvalue weighted by molar-refractivity contribution is -0.321. The summed E-state index contributed by atoms with van der Waals surface area (Å²) in [7, 11) is 0. The number of hydrogen-bond acceptors (Lipinski definition) is 4. The van der Waals surface area contributed by atoms with Crippen LogP contribution in [0.4, 0.5) is 0 Å². The zero-order valence-corrected chi connectivity index (χ0v) is 18.2. The molecule has 0 bridgehead atoms. The Bertz CT molecular complexity index is 501. The highest BCUT2D eigenvalue weighted by atomic mass is 16.6. The molecule has 4 heteroatoms. The van der Waals surface area contributed by atoms with Crippen LogP contribution in [0.3, 0.4) is 0 Å². The fourth-order valence-corrected chi connectivity index (χ4v) is 6.48. The first-order valence-electron chi connectivity index (χ1n) is 11.4. The molecule has 2 saturated carbocycles. The lowest BCUT2D eigenvalue weighted by Gasteiger charge is -2.55. The van der Waals surface area contributed by atoms with Crippen molar-refractivity contribution >= 4 is 0 Å². The Morgan fingerprint density at radius 2 is 1.81 bits per heavy atom. The predicted octanol–water partition coefficient (Wildman–Crippen LogP) is 4.81. The van der Waals surface area contributed by atoms with E-state index in [1.54, 1.807) is 0 Å². The summed E-state index contributed by atoms with van der Waals surface area (Å²) in [4.78, 5) is 0. The van der Waals surface area contributed by atoms with E-state index in [0.717, 1.165) is 57.8 Å². The van der Waals surface area contributed by atoms with Gasteiger partial charge in [-0.15, -0.1) is 0 Å². The maximum Gasteiger partial charge on any atom is 0.168 e. The molecule has 2 aliphatic carbocycles. The summed E-state index contributed by atoms with van der Waals surface area (Å²) in [5, 5.41) is 22.0.